The number of ether oxygens (including phenoxy) is 1. The summed E-state index contributed by atoms with van der Waals surface area (Å²) in [5.41, 5.74) is 0.650. The van der Waals surface area contributed by atoms with Crippen LogP contribution in [0.5, 0.6) is 5.75 Å². The van der Waals surface area contributed by atoms with Crippen molar-refractivity contribution >= 4 is 17.5 Å². The number of para-hydroxylation sites is 2. The van der Waals surface area contributed by atoms with E-state index < -0.39 is 6.10 Å². The Balaban J connectivity index is 1.75. The molecule has 0 spiro atoms. The van der Waals surface area contributed by atoms with Gasteiger partial charge in [-0.3, -0.25) is 9.59 Å². The summed E-state index contributed by atoms with van der Waals surface area (Å²) < 4.78 is 5.67. The van der Waals surface area contributed by atoms with E-state index in [0.29, 0.717) is 18.0 Å². The number of rotatable bonds is 11. The number of carbonyl (C=O) groups excluding carboxylic acids is 2. The summed E-state index contributed by atoms with van der Waals surface area (Å²) in [4.78, 5) is 26.7. The molecule has 1 aromatic carbocycles. The molecule has 1 heterocycles. The van der Waals surface area contributed by atoms with Crippen LogP contribution in [-0.2, 0) is 9.59 Å². The molecule has 1 aromatic rings. The smallest absolute Gasteiger partial charge is 0.266 e. The van der Waals surface area contributed by atoms with Crippen LogP contribution in [0.3, 0.4) is 0 Å². The zero-order valence-electron chi connectivity index (χ0n) is 15.9. The van der Waals surface area contributed by atoms with Gasteiger partial charge in [-0.15, -0.1) is 0 Å². The van der Waals surface area contributed by atoms with Gasteiger partial charge in [0.1, 0.15) is 5.75 Å². The Morgan fingerprint density at radius 3 is 2.54 bits per heavy atom. The van der Waals surface area contributed by atoms with Crippen LogP contribution in [0.25, 0.3) is 0 Å². The van der Waals surface area contributed by atoms with Crippen molar-refractivity contribution in [3.05, 3.63) is 24.3 Å². The fraction of sp³-hybridized carbons (Fsp3) is 0.600. The molecule has 1 aliphatic rings. The topological polar surface area (TPSA) is 70.7 Å². The van der Waals surface area contributed by atoms with E-state index in [2.05, 4.69) is 29.4 Å². The third-order valence-electron chi connectivity index (χ3n) is 4.48. The van der Waals surface area contributed by atoms with Gasteiger partial charge in [0.05, 0.1) is 12.1 Å². The zero-order valence-corrected chi connectivity index (χ0v) is 15.9. The zero-order chi connectivity index (χ0) is 18.8. The lowest BCUT2D eigenvalue weighted by Crippen LogP contribution is -2.42. The van der Waals surface area contributed by atoms with Crippen molar-refractivity contribution in [2.45, 2.75) is 52.1 Å². The molecule has 0 fully saturated rings. The minimum Gasteiger partial charge on any atom is -0.478 e. The van der Waals surface area contributed by atoms with Crippen LogP contribution in [0.2, 0.25) is 0 Å². The third-order valence-corrected chi connectivity index (χ3v) is 4.48. The monoisotopic (exact) mass is 361 g/mol. The highest BCUT2D eigenvalue weighted by Gasteiger charge is 2.29. The molecule has 1 unspecified atom stereocenters. The molecule has 0 aromatic heterocycles. The number of unbranched alkanes of at least 4 members (excludes halogenated alkanes) is 2. The molecule has 1 aliphatic heterocycles. The van der Waals surface area contributed by atoms with Crippen LogP contribution in [0.1, 0.15) is 46.0 Å². The van der Waals surface area contributed by atoms with E-state index in [1.54, 1.807) is 12.1 Å². The number of anilines is 1. The van der Waals surface area contributed by atoms with Gasteiger partial charge in [0.2, 0.25) is 5.91 Å². The van der Waals surface area contributed by atoms with Gasteiger partial charge < -0.3 is 20.3 Å². The highest BCUT2D eigenvalue weighted by Crippen LogP contribution is 2.29. The molecule has 0 bridgehead atoms. The maximum absolute atomic E-state index is 12.2. The third kappa shape index (κ3) is 6.33. The molecule has 2 amide bonds. The van der Waals surface area contributed by atoms with Crippen LogP contribution in [0.4, 0.5) is 5.69 Å². The average molecular weight is 361 g/mol. The fourth-order valence-corrected chi connectivity index (χ4v) is 2.92. The molecule has 1 atom stereocenters. The van der Waals surface area contributed by atoms with Gasteiger partial charge in [0.25, 0.3) is 5.91 Å². The number of fused-ring (bicyclic) bond motifs is 1. The van der Waals surface area contributed by atoms with E-state index >= 15 is 0 Å². The standard InChI is InChI=1S/C20H31N3O3/c1-3-5-12-23(13-6-4-2)14-11-21-19(24)15-18-20(25)22-16-9-7-8-10-17(16)26-18/h7-10,18H,3-6,11-15H2,1-2H3,(H,21,24)(H,22,25). The van der Waals surface area contributed by atoms with Gasteiger partial charge in [-0.05, 0) is 38.1 Å². The van der Waals surface area contributed by atoms with Crippen molar-refractivity contribution in [2.24, 2.45) is 0 Å². The first-order valence-electron chi connectivity index (χ1n) is 9.69. The van der Waals surface area contributed by atoms with E-state index in [1.165, 1.54) is 25.7 Å². The summed E-state index contributed by atoms with van der Waals surface area (Å²) in [6.07, 6.45) is 3.95. The minimum atomic E-state index is -0.777. The molecule has 2 N–H and O–H groups in total. The Labute approximate surface area is 156 Å². The van der Waals surface area contributed by atoms with Gasteiger partial charge in [-0.2, -0.15) is 0 Å². The Kier molecular flexibility index (Phi) is 8.41. The minimum absolute atomic E-state index is 0.0318. The van der Waals surface area contributed by atoms with Crippen molar-refractivity contribution < 1.29 is 14.3 Å². The van der Waals surface area contributed by atoms with Gasteiger partial charge in [0, 0.05) is 13.1 Å². The van der Waals surface area contributed by atoms with Crippen molar-refractivity contribution in [3.8, 4) is 5.75 Å². The predicted octanol–water partition coefficient (Wildman–Crippen LogP) is 2.79. The first kappa shape index (κ1) is 20.2. The lowest BCUT2D eigenvalue weighted by molar-refractivity contribution is -0.130. The molecule has 0 saturated carbocycles. The fourth-order valence-electron chi connectivity index (χ4n) is 2.92. The van der Waals surface area contributed by atoms with Gasteiger partial charge in [0.15, 0.2) is 6.10 Å². The first-order valence-corrected chi connectivity index (χ1v) is 9.69. The highest BCUT2D eigenvalue weighted by molar-refractivity contribution is 5.99. The quantitative estimate of drug-likeness (QED) is 0.636. The average Bonchev–Trinajstić information content (AvgIpc) is 2.64. The second-order valence-electron chi connectivity index (χ2n) is 6.69. The summed E-state index contributed by atoms with van der Waals surface area (Å²) in [6.45, 7) is 7.94. The summed E-state index contributed by atoms with van der Waals surface area (Å²) in [5, 5.41) is 5.70. The first-order chi connectivity index (χ1) is 12.6. The number of hydrogen-bond acceptors (Lipinski definition) is 4. The molecular formula is C20H31N3O3. The summed E-state index contributed by atoms with van der Waals surface area (Å²) in [6, 6.07) is 7.25. The normalized spacial score (nSPS) is 16.0. The largest absolute Gasteiger partial charge is 0.478 e. The molecular weight excluding hydrogens is 330 g/mol. The Morgan fingerprint density at radius 2 is 1.85 bits per heavy atom. The van der Waals surface area contributed by atoms with E-state index in [-0.39, 0.29) is 18.2 Å². The molecule has 2 rings (SSSR count). The van der Waals surface area contributed by atoms with E-state index in [0.717, 1.165) is 19.6 Å². The number of carbonyl (C=O) groups is 2. The van der Waals surface area contributed by atoms with Gasteiger partial charge in [-0.1, -0.05) is 38.8 Å². The molecule has 0 aliphatic carbocycles. The molecule has 6 heteroatoms. The second-order valence-corrected chi connectivity index (χ2v) is 6.69. The van der Waals surface area contributed by atoms with Crippen molar-refractivity contribution in [2.75, 3.05) is 31.5 Å². The van der Waals surface area contributed by atoms with E-state index in [1.807, 2.05) is 12.1 Å². The number of amides is 2. The van der Waals surface area contributed by atoms with E-state index in [9.17, 15) is 9.59 Å². The van der Waals surface area contributed by atoms with Crippen LogP contribution in [0.15, 0.2) is 24.3 Å². The Morgan fingerprint density at radius 1 is 1.15 bits per heavy atom. The van der Waals surface area contributed by atoms with Crippen LogP contribution >= 0.6 is 0 Å². The lowest BCUT2D eigenvalue weighted by Gasteiger charge is -2.25. The van der Waals surface area contributed by atoms with Crippen molar-refractivity contribution in [1.82, 2.24) is 10.2 Å². The van der Waals surface area contributed by atoms with Crippen LogP contribution in [0, 0.1) is 0 Å². The van der Waals surface area contributed by atoms with Gasteiger partial charge in [-0.25, -0.2) is 0 Å². The number of benzene rings is 1. The maximum Gasteiger partial charge on any atom is 0.266 e. The van der Waals surface area contributed by atoms with Crippen LogP contribution in [-0.4, -0.2) is 49.0 Å². The SMILES string of the molecule is CCCCN(CCCC)CCNC(=O)CC1Oc2ccccc2NC1=O. The number of nitrogens with zero attached hydrogens (tertiary/aromatic N) is 1. The summed E-state index contributed by atoms with van der Waals surface area (Å²) >= 11 is 0. The molecule has 26 heavy (non-hydrogen) atoms. The molecule has 0 saturated heterocycles. The van der Waals surface area contributed by atoms with E-state index in [4.69, 9.17) is 4.74 Å². The number of hydrogen-bond donors (Lipinski definition) is 2. The van der Waals surface area contributed by atoms with Crippen molar-refractivity contribution in [1.29, 1.82) is 0 Å². The Bertz CT molecular complexity index is 583. The predicted molar refractivity (Wildman–Crippen MR) is 103 cm³/mol. The lowest BCUT2D eigenvalue weighted by atomic mass is 10.1. The molecule has 0 radical (unpaired) electrons. The van der Waals surface area contributed by atoms with Gasteiger partial charge >= 0.3 is 0 Å². The Hall–Kier alpha value is -2.08. The molecule has 144 valence electrons. The second kappa shape index (κ2) is 10.8. The summed E-state index contributed by atoms with van der Waals surface area (Å²) in [7, 11) is 0. The van der Waals surface area contributed by atoms with Crippen molar-refractivity contribution in [3.63, 3.8) is 0 Å². The number of nitrogens with one attached hydrogen (secondary N) is 2. The maximum atomic E-state index is 12.2. The highest BCUT2D eigenvalue weighted by atomic mass is 16.5. The summed E-state index contributed by atoms with van der Waals surface area (Å²) in [5.74, 6) is 0.178. The van der Waals surface area contributed by atoms with Crippen LogP contribution < -0.4 is 15.4 Å². The molecule has 6 nitrogen and oxygen atoms in total.